The van der Waals surface area contributed by atoms with E-state index >= 15 is 0 Å². The molecule has 0 saturated heterocycles. The van der Waals surface area contributed by atoms with Crippen LogP contribution in [0.2, 0.25) is 0 Å². The number of rotatable bonds is 7. The van der Waals surface area contributed by atoms with Crippen molar-refractivity contribution < 1.29 is 13.2 Å². The largest absolute Gasteiger partial charge is 0.326 e. The Morgan fingerprint density at radius 3 is 2.28 bits per heavy atom. The van der Waals surface area contributed by atoms with Crippen LogP contribution in [0.15, 0.2) is 45.8 Å². The van der Waals surface area contributed by atoms with E-state index in [1.165, 1.54) is 0 Å². The number of hydrogen-bond acceptors (Lipinski definition) is 3. The lowest BCUT2D eigenvalue weighted by Gasteiger charge is -2.20. The van der Waals surface area contributed by atoms with Crippen molar-refractivity contribution >= 4 is 37.5 Å². The van der Waals surface area contributed by atoms with Crippen molar-refractivity contribution in [3.05, 3.63) is 57.6 Å². The number of halogens is 1. The molecule has 0 aliphatic carbocycles. The smallest absolute Gasteiger partial charge is 0.241 e. The molecule has 0 unspecified atom stereocenters. The van der Waals surface area contributed by atoms with E-state index in [4.69, 9.17) is 0 Å². The van der Waals surface area contributed by atoms with E-state index in [1.54, 1.807) is 45.0 Å². The highest BCUT2D eigenvalue weighted by Crippen LogP contribution is 2.26. The number of aryl methyl sites for hydroxylation is 3. The summed E-state index contributed by atoms with van der Waals surface area (Å²) in [7, 11) is -3.56. The highest BCUT2D eigenvalue weighted by molar-refractivity contribution is 9.10. The molecule has 2 aromatic carbocycles. The third-order valence-electron chi connectivity index (χ3n) is 4.34. The summed E-state index contributed by atoms with van der Waals surface area (Å²) in [5, 5.41) is 3.02. The van der Waals surface area contributed by atoms with Gasteiger partial charge in [0.15, 0.2) is 0 Å². The molecule has 0 aliphatic heterocycles. The Morgan fingerprint density at radius 2 is 1.72 bits per heavy atom. The van der Waals surface area contributed by atoms with Crippen LogP contribution >= 0.6 is 15.9 Å². The molecule has 2 aromatic rings. The lowest BCUT2D eigenvalue weighted by Crippen LogP contribution is -2.40. The zero-order chi connectivity index (χ0) is 21.8. The summed E-state index contributed by atoms with van der Waals surface area (Å²) in [6, 6.07) is 10.7. The summed E-state index contributed by atoms with van der Waals surface area (Å²) in [6.07, 6.45) is 1.69. The summed E-state index contributed by atoms with van der Waals surface area (Å²) < 4.78 is 28.4. The first-order chi connectivity index (χ1) is 13.4. The molecule has 0 fully saturated rings. The Bertz CT molecular complexity index is 978. The monoisotopic (exact) mass is 480 g/mol. The van der Waals surface area contributed by atoms with Crippen molar-refractivity contribution in [3.8, 4) is 0 Å². The predicted octanol–water partition coefficient (Wildman–Crippen LogP) is 4.97. The van der Waals surface area contributed by atoms with Crippen molar-refractivity contribution in [3.63, 3.8) is 0 Å². The maximum Gasteiger partial charge on any atom is 0.241 e. The van der Waals surface area contributed by atoms with Gasteiger partial charge in [0.05, 0.1) is 4.90 Å². The summed E-state index contributed by atoms with van der Waals surface area (Å²) >= 11 is 3.49. The quantitative estimate of drug-likeness (QED) is 0.587. The molecular weight excluding hydrogens is 452 g/mol. The van der Waals surface area contributed by atoms with E-state index in [-0.39, 0.29) is 10.8 Å². The van der Waals surface area contributed by atoms with Crippen molar-refractivity contribution in [2.24, 2.45) is 0 Å². The third kappa shape index (κ3) is 6.94. The number of hydrogen-bond donors (Lipinski definition) is 2. The summed E-state index contributed by atoms with van der Waals surface area (Å²) in [4.78, 5) is 12.7. The van der Waals surface area contributed by atoms with Gasteiger partial charge in [0.2, 0.25) is 15.9 Å². The molecule has 7 heteroatoms. The first kappa shape index (κ1) is 23.6. The molecule has 0 spiro atoms. The van der Waals surface area contributed by atoms with Crippen molar-refractivity contribution in [2.75, 3.05) is 5.32 Å². The lowest BCUT2D eigenvalue weighted by atomic mass is 10.1. The Balaban J connectivity index is 2.01. The number of sulfonamides is 1. The molecule has 0 aliphatic rings. The minimum atomic E-state index is -3.56. The highest BCUT2D eigenvalue weighted by Gasteiger charge is 2.21. The van der Waals surface area contributed by atoms with Gasteiger partial charge in [-0.05, 0) is 81.5 Å². The zero-order valence-electron chi connectivity index (χ0n) is 17.6. The van der Waals surface area contributed by atoms with Crippen LogP contribution in [0.1, 0.15) is 50.8 Å². The average molecular weight is 481 g/mol. The standard InChI is InChI=1S/C22H29BrN2O3S/c1-6-17-14-18(23)13-15(2)21(17)24-20(26)12-9-16-7-10-19(11-8-16)29(27,28)25-22(3,4)5/h7-8,10-11,13-14,25H,6,9,12H2,1-5H3,(H,24,26). The van der Waals surface area contributed by atoms with Gasteiger partial charge in [0.1, 0.15) is 0 Å². The van der Waals surface area contributed by atoms with Crippen LogP contribution in [0.25, 0.3) is 0 Å². The summed E-state index contributed by atoms with van der Waals surface area (Å²) in [5.74, 6) is -0.0591. The fourth-order valence-corrected chi connectivity index (χ4v) is 5.07. The minimum Gasteiger partial charge on any atom is -0.326 e. The Hall–Kier alpha value is -1.70. The van der Waals surface area contributed by atoms with E-state index in [0.717, 1.165) is 33.3 Å². The molecule has 0 atom stereocenters. The molecule has 2 rings (SSSR count). The van der Waals surface area contributed by atoms with Crippen LogP contribution in [0.5, 0.6) is 0 Å². The van der Waals surface area contributed by atoms with E-state index in [1.807, 2.05) is 19.1 Å². The fraction of sp³-hybridized carbons (Fsp3) is 0.409. The van der Waals surface area contributed by atoms with E-state index in [2.05, 4.69) is 32.9 Å². The van der Waals surface area contributed by atoms with Crippen LogP contribution in [-0.4, -0.2) is 19.9 Å². The van der Waals surface area contributed by atoms with Crippen LogP contribution in [-0.2, 0) is 27.7 Å². The van der Waals surface area contributed by atoms with Gasteiger partial charge in [0.25, 0.3) is 0 Å². The second-order valence-corrected chi connectivity index (χ2v) is 10.8. The van der Waals surface area contributed by atoms with Gasteiger partial charge in [-0.1, -0.05) is 35.0 Å². The van der Waals surface area contributed by atoms with Crippen molar-refractivity contribution in [1.29, 1.82) is 0 Å². The highest BCUT2D eigenvalue weighted by atomic mass is 79.9. The van der Waals surface area contributed by atoms with Gasteiger partial charge >= 0.3 is 0 Å². The van der Waals surface area contributed by atoms with Crippen LogP contribution in [0.4, 0.5) is 5.69 Å². The number of carbonyl (C=O) groups excluding carboxylic acids is 1. The second kappa shape index (κ2) is 9.41. The van der Waals surface area contributed by atoms with Crippen LogP contribution in [0, 0.1) is 6.92 Å². The van der Waals surface area contributed by atoms with Gasteiger partial charge in [-0.15, -0.1) is 0 Å². The van der Waals surface area contributed by atoms with Crippen LogP contribution in [0.3, 0.4) is 0 Å². The van der Waals surface area contributed by atoms with Gasteiger partial charge in [0, 0.05) is 22.1 Å². The maximum absolute atomic E-state index is 12.4. The molecule has 5 nitrogen and oxygen atoms in total. The lowest BCUT2D eigenvalue weighted by molar-refractivity contribution is -0.116. The minimum absolute atomic E-state index is 0.0591. The van der Waals surface area contributed by atoms with E-state index in [9.17, 15) is 13.2 Å². The zero-order valence-corrected chi connectivity index (χ0v) is 20.0. The number of anilines is 1. The van der Waals surface area contributed by atoms with Crippen molar-refractivity contribution in [1.82, 2.24) is 4.72 Å². The molecule has 2 N–H and O–H groups in total. The molecular formula is C22H29BrN2O3S. The Morgan fingerprint density at radius 1 is 1.10 bits per heavy atom. The normalized spacial score (nSPS) is 12.1. The molecule has 0 radical (unpaired) electrons. The predicted molar refractivity (Wildman–Crippen MR) is 122 cm³/mol. The van der Waals surface area contributed by atoms with Gasteiger partial charge in [-0.2, -0.15) is 0 Å². The molecule has 0 heterocycles. The van der Waals surface area contributed by atoms with Crippen molar-refractivity contribution in [2.45, 2.75) is 64.3 Å². The molecule has 1 amide bonds. The van der Waals surface area contributed by atoms with E-state index < -0.39 is 15.6 Å². The first-order valence-electron chi connectivity index (χ1n) is 9.63. The second-order valence-electron chi connectivity index (χ2n) is 8.16. The molecule has 158 valence electrons. The average Bonchev–Trinajstić information content (AvgIpc) is 2.60. The molecule has 0 saturated carbocycles. The first-order valence-corrected chi connectivity index (χ1v) is 11.9. The number of nitrogens with one attached hydrogen (secondary N) is 2. The maximum atomic E-state index is 12.4. The SMILES string of the molecule is CCc1cc(Br)cc(C)c1NC(=O)CCc1ccc(S(=O)(=O)NC(C)(C)C)cc1. The molecule has 29 heavy (non-hydrogen) atoms. The fourth-order valence-electron chi connectivity index (χ4n) is 3.03. The van der Waals surface area contributed by atoms with E-state index in [0.29, 0.717) is 12.8 Å². The number of benzene rings is 2. The van der Waals surface area contributed by atoms with Gasteiger partial charge in [-0.3, -0.25) is 4.79 Å². The topological polar surface area (TPSA) is 75.3 Å². The Kier molecular flexibility index (Phi) is 7.65. The molecule has 0 bridgehead atoms. The van der Waals surface area contributed by atoms with Gasteiger partial charge < -0.3 is 5.32 Å². The summed E-state index contributed by atoms with van der Waals surface area (Å²) in [5.41, 5.74) is 3.35. The molecule has 0 aromatic heterocycles. The van der Waals surface area contributed by atoms with Crippen LogP contribution < -0.4 is 10.0 Å². The third-order valence-corrected chi connectivity index (χ3v) is 6.57. The number of amides is 1. The van der Waals surface area contributed by atoms with Gasteiger partial charge in [-0.25, -0.2) is 13.1 Å². The Labute approximate surface area is 182 Å². The summed E-state index contributed by atoms with van der Waals surface area (Å²) in [6.45, 7) is 9.43. The number of carbonyl (C=O) groups is 1.